The molecule has 0 aromatic carbocycles. The summed E-state index contributed by atoms with van der Waals surface area (Å²) in [4.78, 5) is 0. The third kappa shape index (κ3) is 1.29. The first-order valence-electron chi connectivity index (χ1n) is 3.44. The molecule has 1 aliphatic carbocycles. The fourth-order valence-corrected chi connectivity index (χ4v) is 1.02. The van der Waals surface area contributed by atoms with Gasteiger partial charge in [-0.2, -0.15) is 0 Å². The fourth-order valence-electron chi connectivity index (χ4n) is 1.02. The van der Waals surface area contributed by atoms with E-state index in [1.54, 1.807) is 0 Å². The van der Waals surface area contributed by atoms with Crippen LogP contribution in [0.3, 0.4) is 0 Å². The zero-order valence-electron chi connectivity index (χ0n) is 6.31. The van der Waals surface area contributed by atoms with Crippen molar-refractivity contribution in [3.63, 3.8) is 0 Å². The van der Waals surface area contributed by atoms with Crippen LogP contribution in [0.4, 0.5) is 0 Å². The highest BCUT2D eigenvalue weighted by Crippen LogP contribution is 2.20. The van der Waals surface area contributed by atoms with Gasteiger partial charge in [0, 0.05) is 0 Å². The highest BCUT2D eigenvalue weighted by molar-refractivity contribution is 5.34. The maximum atomic E-state index is 9.20. The van der Waals surface area contributed by atoms with Crippen LogP contribution >= 0.6 is 0 Å². The summed E-state index contributed by atoms with van der Waals surface area (Å²) in [6.07, 6.45) is -1.47. The van der Waals surface area contributed by atoms with Crippen molar-refractivity contribution in [3.05, 3.63) is 23.1 Å². The van der Waals surface area contributed by atoms with E-state index in [0.717, 1.165) is 0 Å². The highest BCUT2D eigenvalue weighted by Gasteiger charge is 2.29. The van der Waals surface area contributed by atoms with Crippen LogP contribution in [0.5, 0.6) is 0 Å². The van der Waals surface area contributed by atoms with Crippen LogP contribution in [0.1, 0.15) is 0 Å². The lowest BCUT2D eigenvalue weighted by molar-refractivity contribution is 0.0292. The minimum absolute atomic E-state index is 0.0307. The molecule has 0 fully saturated rings. The molecule has 6 N–H and O–H groups in total. The first-order chi connectivity index (χ1) is 5.57. The first-order valence-corrected chi connectivity index (χ1v) is 3.44. The second-order valence-electron chi connectivity index (χ2n) is 2.61. The molecular weight excluding hydrogens is 162 g/mol. The lowest BCUT2D eigenvalue weighted by Crippen LogP contribution is -2.35. The SMILES string of the molecule is NC1=C(O)[C@@H](O)[C@H](O)C(CO)=C1. The van der Waals surface area contributed by atoms with Crippen LogP contribution in [0.2, 0.25) is 0 Å². The van der Waals surface area contributed by atoms with Crippen LogP contribution in [0.15, 0.2) is 23.1 Å². The van der Waals surface area contributed by atoms with E-state index in [-0.39, 0.29) is 11.3 Å². The molecule has 0 heterocycles. The molecule has 1 rings (SSSR count). The van der Waals surface area contributed by atoms with Crippen LogP contribution in [-0.2, 0) is 0 Å². The normalized spacial score (nSPS) is 30.4. The monoisotopic (exact) mass is 173 g/mol. The van der Waals surface area contributed by atoms with Gasteiger partial charge in [0.05, 0.1) is 12.3 Å². The van der Waals surface area contributed by atoms with E-state index in [4.69, 9.17) is 21.1 Å². The van der Waals surface area contributed by atoms with Crippen LogP contribution in [0, 0.1) is 0 Å². The molecule has 0 saturated carbocycles. The topological polar surface area (TPSA) is 107 Å². The summed E-state index contributed by atoms with van der Waals surface area (Å²) in [5.74, 6) is -0.459. The van der Waals surface area contributed by atoms with Crippen LogP contribution in [-0.4, -0.2) is 39.2 Å². The molecule has 5 nitrogen and oxygen atoms in total. The van der Waals surface area contributed by atoms with E-state index >= 15 is 0 Å². The van der Waals surface area contributed by atoms with Gasteiger partial charge < -0.3 is 26.2 Å². The Hall–Kier alpha value is -1.04. The molecule has 68 valence electrons. The van der Waals surface area contributed by atoms with Crippen molar-refractivity contribution in [1.82, 2.24) is 0 Å². The molecule has 0 aromatic rings. The van der Waals surface area contributed by atoms with Gasteiger partial charge in [-0.15, -0.1) is 0 Å². The molecule has 0 radical (unpaired) electrons. The maximum Gasteiger partial charge on any atom is 0.147 e. The number of hydrogen-bond acceptors (Lipinski definition) is 5. The zero-order chi connectivity index (χ0) is 9.30. The lowest BCUT2D eigenvalue weighted by atomic mass is 9.96. The smallest absolute Gasteiger partial charge is 0.147 e. The summed E-state index contributed by atoms with van der Waals surface area (Å²) in [6.45, 7) is -0.397. The Bertz CT molecular complexity index is 246. The fraction of sp³-hybridized carbons (Fsp3) is 0.429. The Balaban J connectivity index is 3.00. The standard InChI is InChI=1S/C7H11NO4/c8-4-1-3(2-9)5(10)7(12)6(4)11/h1,5,7,9-12H,2,8H2/t5-,7+/m1/s1. The van der Waals surface area contributed by atoms with E-state index < -0.39 is 24.6 Å². The van der Waals surface area contributed by atoms with Crippen molar-refractivity contribution < 1.29 is 20.4 Å². The van der Waals surface area contributed by atoms with Gasteiger partial charge in [0.1, 0.15) is 18.0 Å². The van der Waals surface area contributed by atoms with E-state index in [9.17, 15) is 5.11 Å². The lowest BCUT2D eigenvalue weighted by Gasteiger charge is -2.24. The molecule has 2 atom stereocenters. The third-order valence-corrected chi connectivity index (χ3v) is 1.78. The van der Waals surface area contributed by atoms with Crippen molar-refractivity contribution in [2.45, 2.75) is 12.2 Å². The highest BCUT2D eigenvalue weighted by atomic mass is 16.4. The quantitative estimate of drug-likeness (QED) is 0.327. The summed E-state index contributed by atoms with van der Waals surface area (Å²) < 4.78 is 0. The molecular formula is C7H11NO4. The molecule has 5 heteroatoms. The Kier molecular flexibility index (Phi) is 2.37. The zero-order valence-corrected chi connectivity index (χ0v) is 6.31. The average Bonchev–Trinajstić information content (AvgIpc) is 2.08. The predicted molar refractivity (Wildman–Crippen MR) is 41.0 cm³/mol. The number of hydrogen-bond donors (Lipinski definition) is 5. The van der Waals surface area contributed by atoms with Gasteiger partial charge in [-0.25, -0.2) is 0 Å². The number of nitrogens with two attached hydrogens (primary N) is 1. The van der Waals surface area contributed by atoms with E-state index in [1.807, 2.05) is 0 Å². The maximum absolute atomic E-state index is 9.20. The molecule has 0 bridgehead atoms. The Morgan fingerprint density at radius 2 is 1.92 bits per heavy atom. The number of rotatable bonds is 1. The van der Waals surface area contributed by atoms with Gasteiger partial charge in [-0.3, -0.25) is 0 Å². The van der Waals surface area contributed by atoms with E-state index in [0.29, 0.717) is 0 Å². The summed E-state index contributed by atoms with van der Waals surface area (Å²) >= 11 is 0. The molecule has 0 spiro atoms. The predicted octanol–water partition coefficient (Wildman–Crippen LogP) is -1.63. The average molecular weight is 173 g/mol. The van der Waals surface area contributed by atoms with E-state index in [1.165, 1.54) is 6.08 Å². The van der Waals surface area contributed by atoms with Gasteiger partial charge in [-0.05, 0) is 11.6 Å². The van der Waals surface area contributed by atoms with Gasteiger partial charge in [0.25, 0.3) is 0 Å². The van der Waals surface area contributed by atoms with E-state index in [2.05, 4.69) is 0 Å². The van der Waals surface area contributed by atoms with Crippen LogP contribution in [0.25, 0.3) is 0 Å². The van der Waals surface area contributed by atoms with Gasteiger partial charge in [-0.1, -0.05) is 0 Å². The summed E-state index contributed by atoms with van der Waals surface area (Å²) in [6, 6.07) is 0. The first kappa shape index (κ1) is 9.05. The Labute approximate surface area is 69.1 Å². The Morgan fingerprint density at radius 3 is 2.42 bits per heavy atom. The van der Waals surface area contributed by atoms with Crippen molar-refractivity contribution in [2.75, 3.05) is 6.61 Å². The van der Waals surface area contributed by atoms with Gasteiger partial charge in [0.2, 0.25) is 0 Å². The molecule has 0 amide bonds. The van der Waals surface area contributed by atoms with Gasteiger partial charge >= 0.3 is 0 Å². The molecule has 1 aliphatic rings. The summed E-state index contributed by atoms with van der Waals surface area (Å²) in [7, 11) is 0. The molecule has 0 unspecified atom stereocenters. The molecule has 0 saturated heterocycles. The largest absolute Gasteiger partial charge is 0.507 e. The van der Waals surface area contributed by atoms with Crippen LogP contribution < -0.4 is 5.73 Å². The summed E-state index contributed by atoms with van der Waals surface area (Å²) in [5, 5.41) is 36.1. The summed E-state index contributed by atoms with van der Waals surface area (Å²) in [5.41, 5.74) is 5.43. The minimum atomic E-state index is -1.43. The van der Waals surface area contributed by atoms with Gasteiger partial charge in [0.15, 0.2) is 0 Å². The second-order valence-corrected chi connectivity index (χ2v) is 2.61. The number of aliphatic hydroxyl groups excluding tert-OH is 4. The number of allylic oxidation sites excluding steroid dienone is 1. The minimum Gasteiger partial charge on any atom is -0.507 e. The second kappa shape index (κ2) is 3.14. The van der Waals surface area contributed by atoms with Crippen molar-refractivity contribution >= 4 is 0 Å². The third-order valence-electron chi connectivity index (χ3n) is 1.78. The van der Waals surface area contributed by atoms with Crippen molar-refractivity contribution in [1.29, 1.82) is 0 Å². The molecule has 0 aliphatic heterocycles. The molecule has 0 aromatic heterocycles. The molecule has 12 heavy (non-hydrogen) atoms. The number of aliphatic hydroxyl groups is 4. The van der Waals surface area contributed by atoms with Crippen molar-refractivity contribution in [2.24, 2.45) is 5.73 Å². The van der Waals surface area contributed by atoms with Crippen molar-refractivity contribution in [3.8, 4) is 0 Å². The Morgan fingerprint density at radius 1 is 1.33 bits per heavy atom.